The first-order valence-electron chi connectivity index (χ1n) is 8.13. The molecule has 5 nitrogen and oxygen atoms in total. The Bertz CT molecular complexity index is 819. The number of carbonyl (C=O) groups excluding carboxylic acids is 2. The molecule has 0 aliphatic carbocycles. The van der Waals surface area contributed by atoms with E-state index < -0.39 is 11.8 Å². The standard InChI is InChI=1S/C20H22FNO4/c1-13-6-5-7-16(14(13)2)20(24)26-12-19(23)22(3)11-15-8-9-18(25-4)17(21)10-15/h5-10H,11-12H2,1-4H3. The summed E-state index contributed by atoms with van der Waals surface area (Å²) in [6.07, 6.45) is 0. The lowest BCUT2D eigenvalue weighted by atomic mass is 10.0. The summed E-state index contributed by atoms with van der Waals surface area (Å²) in [4.78, 5) is 25.7. The number of methoxy groups -OCH3 is 1. The molecule has 26 heavy (non-hydrogen) atoms. The number of likely N-dealkylation sites (N-methyl/N-ethyl adjacent to an activating group) is 1. The van der Waals surface area contributed by atoms with Gasteiger partial charge in [0.05, 0.1) is 12.7 Å². The average molecular weight is 359 g/mol. The topological polar surface area (TPSA) is 55.8 Å². The van der Waals surface area contributed by atoms with Gasteiger partial charge in [0.2, 0.25) is 0 Å². The lowest BCUT2D eigenvalue weighted by Gasteiger charge is -2.18. The molecule has 1 amide bonds. The number of hydrogen-bond donors (Lipinski definition) is 0. The van der Waals surface area contributed by atoms with Crippen molar-refractivity contribution >= 4 is 11.9 Å². The molecule has 2 aromatic rings. The van der Waals surface area contributed by atoms with Crippen LogP contribution in [0, 0.1) is 19.7 Å². The van der Waals surface area contributed by atoms with Crippen LogP contribution in [0.15, 0.2) is 36.4 Å². The van der Waals surface area contributed by atoms with Crippen molar-refractivity contribution in [1.82, 2.24) is 4.90 Å². The quantitative estimate of drug-likeness (QED) is 0.743. The largest absolute Gasteiger partial charge is 0.494 e. The molecule has 138 valence electrons. The van der Waals surface area contributed by atoms with Crippen LogP contribution in [0.4, 0.5) is 4.39 Å². The molecule has 0 saturated heterocycles. The summed E-state index contributed by atoms with van der Waals surface area (Å²) in [6, 6.07) is 9.82. The van der Waals surface area contributed by atoms with Crippen LogP contribution in [0.25, 0.3) is 0 Å². The number of benzene rings is 2. The van der Waals surface area contributed by atoms with Gasteiger partial charge in [-0.2, -0.15) is 0 Å². The van der Waals surface area contributed by atoms with Crippen molar-refractivity contribution < 1.29 is 23.5 Å². The van der Waals surface area contributed by atoms with Crippen LogP contribution in [0.1, 0.15) is 27.0 Å². The second-order valence-electron chi connectivity index (χ2n) is 6.04. The molecule has 6 heteroatoms. The molecule has 2 aromatic carbocycles. The van der Waals surface area contributed by atoms with Crippen LogP contribution >= 0.6 is 0 Å². The Morgan fingerprint density at radius 3 is 2.54 bits per heavy atom. The van der Waals surface area contributed by atoms with E-state index in [1.165, 1.54) is 24.1 Å². The van der Waals surface area contributed by atoms with Crippen LogP contribution in [0.5, 0.6) is 5.75 Å². The van der Waals surface area contributed by atoms with E-state index >= 15 is 0 Å². The first kappa shape index (κ1) is 19.4. The molecular weight excluding hydrogens is 337 g/mol. The Morgan fingerprint density at radius 2 is 1.88 bits per heavy atom. The van der Waals surface area contributed by atoms with Gasteiger partial charge in [-0.25, -0.2) is 9.18 Å². The third kappa shape index (κ3) is 4.59. The molecule has 0 radical (unpaired) electrons. The molecule has 0 spiro atoms. The van der Waals surface area contributed by atoms with E-state index in [0.29, 0.717) is 11.1 Å². The third-order valence-electron chi connectivity index (χ3n) is 4.21. The lowest BCUT2D eigenvalue weighted by Crippen LogP contribution is -2.31. The summed E-state index contributed by atoms with van der Waals surface area (Å²) in [5, 5.41) is 0. The van der Waals surface area contributed by atoms with Gasteiger partial charge < -0.3 is 14.4 Å². The van der Waals surface area contributed by atoms with E-state index in [1.54, 1.807) is 25.2 Å². The molecule has 0 unspecified atom stereocenters. The highest BCUT2D eigenvalue weighted by Gasteiger charge is 2.16. The minimum Gasteiger partial charge on any atom is -0.494 e. The summed E-state index contributed by atoms with van der Waals surface area (Å²) < 4.78 is 23.7. The van der Waals surface area contributed by atoms with Crippen molar-refractivity contribution in [3.8, 4) is 5.75 Å². The molecular formula is C20H22FNO4. The summed E-state index contributed by atoms with van der Waals surface area (Å²) in [5.74, 6) is -1.26. The summed E-state index contributed by atoms with van der Waals surface area (Å²) in [6.45, 7) is 3.55. The van der Waals surface area contributed by atoms with Crippen molar-refractivity contribution in [2.75, 3.05) is 20.8 Å². The highest BCUT2D eigenvalue weighted by molar-refractivity contribution is 5.93. The van der Waals surface area contributed by atoms with Crippen LogP contribution < -0.4 is 4.74 Å². The van der Waals surface area contributed by atoms with Crippen molar-refractivity contribution in [2.45, 2.75) is 20.4 Å². The van der Waals surface area contributed by atoms with Gasteiger partial charge in [0.15, 0.2) is 18.2 Å². The van der Waals surface area contributed by atoms with Gasteiger partial charge in [0.25, 0.3) is 5.91 Å². The van der Waals surface area contributed by atoms with Crippen molar-refractivity contribution in [2.24, 2.45) is 0 Å². The summed E-state index contributed by atoms with van der Waals surface area (Å²) in [7, 11) is 2.95. The van der Waals surface area contributed by atoms with E-state index in [1.807, 2.05) is 19.9 Å². The highest BCUT2D eigenvalue weighted by Crippen LogP contribution is 2.18. The van der Waals surface area contributed by atoms with E-state index in [9.17, 15) is 14.0 Å². The smallest absolute Gasteiger partial charge is 0.338 e. The van der Waals surface area contributed by atoms with Crippen LogP contribution in [0.2, 0.25) is 0 Å². The fourth-order valence-electron chi connectivity index (χ4n) is 2.46. The number of esters is 1. The Morgan fingerprint density at radius 1 is 1.15 bits per heavy atom. The number of rotatable bonds is 6. The fourth-order valence-corrected chi connectivity index (χ4v) is 2.46. The number of amides is 1. The van der Waals surface area contributed by atoms with Crippen LogP contribution in [-0.2, 0) is 16.1 Å². The Hall–Kier alpha value is -2.89. The van der Waals surface area contributed by atoms with Crippen LogP contribution in [-0.4, -0.2) is 37.5 Å². The third-order valence-corrected chi connectivity index (χ3v) is 4.21. The Balaban J connectivity index is 1.93. The Labute approximate surface area is 152 Å². The van der Waals surface area contributed by atoms with Crippen molar-refractivity contribution in [3.05, 3.63) is 64.5 Å². The second kappa shape index (κ2) is 8.47. The number of hydrogen-bond acceptors (Lipinski definition) is 4. The number of aryl methyl sites for hydroxylation is 1. The zero-order valence-corrected chi connectivity index (χ0v) is 15.3. The first-order valence-corrected chi connectivity index (χ1v) is 8.13. The molecule has 0 heterocycles. The normalized spacial score (nSPS) is 10.3. The minimum atomic E-state index is -0.538. The van der Waals surface area contributed by atoms with Gasteiger partial charge in [-0.05, 0) is 48.7 Å². The number of ether oxygens (including phenoxy) is 2. The number of nitrogens with zero attached hydrogens (tertiary/aromatic N) is 1. The molecule has 0 aliphatic rings. The SMILES string of the molecule is COc1ccc(CN(C)C(=O)COC(=O)c2cccc(C)c2C)cc1F. The van der Waals surface area contributed by atoms with Gasteiger partial charge in [-0.1, -0.05) is 18.2 Å². The first-order chi connectivity index (χ1) is 12.3. The molecule has 0 aliphatic heterocycles. The lowest BCUT2D eigenvalue weighted by molar-refractivity contribution is -0.133. The summed E-state index contributed by atoms with van der Waals surface area (Å²) >= 11 is 0. The predicted molar refractivity (Wildman–Crippen MR) is 95.6 cm³/mol. The second-order valence-corrected chi connectivity index (χ2v) is 6.04. The molecule has 0 N–H and O–H groups in total. The molecule has 0 atom stereocenters. The number of halogens is 1. The molecule has 2 rings (SSSR count). The van der Waals surface area contributed by atoms with E-state index in [4.69, 9.17) is 9.47 Å². The predicted octanol–water partition coefficient (Wildman–Crippen LogP) is 3.27. The molecule has 0 saturated carbocycles. The van der Waals surface area contributed by atoms with E-state index in [-0.39, 0.29) is 24.8 Å². The van der Waals surface area contributed by atoms with Gasteiger partial charge in [-0.3, -0.25) is 4.79 Å². The average Bonchev–Trinajstić information content (AvgIpc) is 2.61. The van der Waals surface area contributed by atoms with Gasteiger partial charge in [0.1, 0.15) is 0 Å². The van der Waals surface area contributed by atoms with Crippen LogP contribution in [0.3, 0.4) is 0 Å². The zero-order chi connectivity index (χ0) is 19.3. The Kier molecular flexibility index (Phi) is 6.33. The molecule has 0 aromatic heterocycles. The van der Waals surface area contributed by atoms with E-state index in [2.05, 4.69) is 0 Å². The maximum atomic E-state index is 13.7. The summed E-state index contributed by atoms with van der Waals surface area (Å²) in [5.41, 5.74) is 2.86. The van der Waals surface area contributed by atoms with Crippen molar-refractivity contribution in [1.29, 1.82) is 0 Å². The van der Waals surface area contributed by atoms with Gasteiger partial charge in [-0.15, -0.1) is 0 Å². The minimum absolute atomic E-state index is 0.144. The molecule has 0 fully saturated rings. The zero-order valence-electron chi connectivity index (χ0n) is 15.3. The monoisotopic (exact) mass is 359 g/mol. The number of carbonyl (C=O) groups is 2. The molecule has 0 bridgehead atoms. The van der Waals surface area contributed by atoms with Gasteiger partial charge in [0, 0.05) is 13.6 Å². The highest BCUT2D eigenvalue weighted by atomic mass is 19.1. The van der Waals surface area contributed by atoms with Crippen molar-refractivity contribution in [3.63, 3.8) is 0 Å². The maximum absolute atomic E-state index is 13.7. The fraction of sp³-hybridized carbons (Fsp3) is 0.300. The van der Waals surface area contributed by atoms with Gasteiger partial charge >= 0.3 is 5.97 Å². The maximum Gasteiger partial charge on any atom is 0.338 e. The van der Waals surface area contributed by atoms with E-state index in [0.717, 1.165) is 11.1 Å².